The van der Waals surface area contributed by atoms with Crippen molar-refractivity contribution in [2.75, 3.05) is 25.0 Å². The Balaban J connectivity index is 1.64. The maximum atomic E-state index is 6.85. The number of allylic oxidation sites excluding steroid dienone is 2. The van der Waals surface area contributed by atoms with Crippen LogP contribution >= 0.6 is 6.19 Å². The molecule has 6 rings (SSSR count). The minimum atomic E-state index is -2.32. The van der Waals surface area contributed by atoms with E-state index in [0.717, 1.165) is 30.3 Å². The molecule has 0 radical (unpaired) electrons. The zero-order valence-electron chi connectivity index (χ0n) is 20.2. The topological polar surface area (TPSA) is 36.7 Å². The Morgan fingerprint density at radius 1 is 0.971 bits per heavy atom. The smallest absolute Gasteiger partial charge is 0.165 e. The Hall–Kier alpha value is -2.53. The van der Waals surface area contributed by atoms with Crippen molar-refractivity contribution in [1.29, 1.82) is 0 Å². The first-order valence-electron chi connectivity index (χ1n) is 12.0. The van der Waals surface area contributed by atoms with E-state index in [9.17, 15) is 0 Å². The number of hydrogen-bond donors (Lipinski definition) is 0. The van der Waals surface area contributed by atoms with E-state index in [2.05, 4.69) is 80.0 Å². The molecule has 34 heavy (non-hydrogen) atoms. The van der Waals surface area contributed by atoms with Crippen LogP contribution in [0.25, 0.3) is 5.69 Å². The van der Waals surface area contributed by atoms with Gasteiger partial charge in [0.1, 0.15) is 0 Å². The molecule has 3 aliphatic rings. The van der Waals surface area contributed by atoms with Crippen molar-refractivity contribution in [3.05, 3.63) is 76.9 Å². The molecule has 1 fully saturated rings. The summed E-state index contributed by atoms with van der Waals surface area (Å²) < 4.78 is 4.57. The van der Waals surface area contributed by atoms with E-state index in [1.54, 1.807) is 0 Å². The highest BCUT2D eigenvalue weighted by Gasteiger charge is 2.48. The maximum absolute atomic E-state index is 6.85. The van der Waals surface area contributed by atoms with Crippen molar-refractivity contribution in [2.24, 2.45) is 4.99 Å². The first-order valence-corrected chi connectivity index (χ1v) is 14.7. The molecule has 0 bridgehead atoms. The lowest BCUT2D eigenvalue weighted by Crippen LogP contribution is -2.32. The maximum Gasteiger partial charge on any atom is 0.165 e. The van der Waals surface area contributed by atoms with Crippen LogP contribution in [0, 0.1) is 6.92 Å². The van der Waals surface area contributed by atoms with Gasteiger partial charge in [-0.2, -0.15) is 5.10 Å². The number of hydrogen-bond acceptors (Lipinski definition) is 4. The lowest BCUT2D eigenvalue weighted by molar-refractivity contribution is 0.570. The third-order valence-electron chi connectivity index (χ3n) is 7.53. The number of rotatable bonds is 2. The number of aryl methyl sites for hydroxylation is 1. The quantitative estimate of drug-likeness (QED) is 0.438. The van der Waals surface area contributed by atoms with Gasteiger partial charge >= 0.3 is 0 Å². The third-order valence-corrected chi connectivity index (χ3v) is 12.7. The van der Waals surface area contributed by atoms with Crippen molar-refractivity contribution in [1.82, 2.24) is 14.5 Å². The molecular weight excluding hydrogens is 457 g/mol. The number of aromatic nitrogens is 2. The molecule has 1 aromatic heterocycles. The Morgan fingerprint density at radius 3 is 2.35 bits per heavy atom. The monoisotopic (exact) mass is 487 g/mol. The van der Waals surface area contributed by atoms with E-state index in [-0.39, 0.29) is 5.41 Å². The van der Waals surface area contributed by atoms with Gasteiger partial charge in [-0.3, -0.25) is 4.67 Å². The number of benzene rings is 2. The van der Waals surface area contributed by atoms with Gasteiger partial charge in [0.05, 0.1) is 22.9 Å². The first kappa shape index (κ1) is 22.0. The van der Waals surface area contributed by atoms with Crippen LogP contribution in [0.2, 0.25) is 0 Å². The van der Waals surface area contributed by atoms with E-state index in [4.69, 9.17) is 21.9 Å². The van der Waals surface area contributed by atoms with Crippen molar-refractivity contribution >= 4 is 41.0 Å². The fourth-order valence-electron chi connectivity index (χ4n) is 5.98. The molecule has 0 aliphatic carbocycles. The fourth-order valence-corrected chi connectivity index (χ4v) is 11.0. The Bertz CT molecular complexity index is 1400. The number of aliphatic imine (C=N–C) groups is 1. The van der Waals surface area contributed by atoms with Crippen LogP contribution in [0.4, 0.5) is 11.5 Å². The van der Waals surface area contributed by atoms with Gasteiger partial charge in [0.2, 0.25) is 0 Å². The molecule has 0 amide bonds. The molecule has 1 atom stereocenters. The van der Waals surface area contributed by atoms with Crippen LogP contribution in [0.1, 0.15) is 37.9 Å². The lowest BCUT2D eigenvalue weighted by atomic mass is 9.84. The molecule has 3 aromatic rings. The van der Waals surface area contributed by atoms with E-state index in [1.807, 2.05) is 22.9 Å². The molecule has 174 valence electrons. The van der Waals surface area contributed by atoms with E-state index >= 15 is 0 Å². The van der Waals surface area contributed by atoms with E-state index in [0.29, 0.717) is 0 Å². The standard InChI is InChI=1S/C27H30N5PS/c1-19-24-26(32(29-19)20-12-6-5-7-13-20)28-18-23(33(24,34)31-16-10-11-17-31)25-27(2,3)21-14-8-9-15-22(21)30(25)4/h5-9,12-15,18H,10-11,16-17H2,1-4H3/b25-23+. The summed E-state index contributed by atoms with van der Waals surface area (Å²) in [5, 5.41) is 7.37. The number of para-hydroxylation sites is 2. The number of likely N-dealkylation sites (N-methyl/N-ethyl adjacent to an activating group) is 1. The second-order valence-corrected chi connectivity index (χ2v) is 14.2. The number of fused-ring (bicyclic) bond motifs is 2. The minimum Gasteiger partial charge on any atom is -0.346 e. The van der Waals surface area contributed by atoms with E-state index in [1.165, 1.54) is 40.4 Å². The van der Waals surface area contributed by atoms with Crippen molar-refractivity contribution < 1.29 is 0 Å². The second-order valence-electron chi connectivity index (χ2n) is 9.93. The molecular formula is C27H30N5PS. The van der Waals surface area contributed by atoms with Crippen molar-refractivity contribution in [2.45, 2.75) is 39.0 Å². The largest absolute Gasteiger partial charge is 0.346 e. The summed E-state index contributed by atoms with van der Waals surface area (Å²) >= 11 is 6.85. The second kappa shape index (κ2) is 7.74. The van der Waals surface area contributed by atoms with Crippen LogP contribution in [0.5, 0.6) is 0 Å². The van der Waals surface area contributed by atoms with Gasteiger partial charge < -0.3 is 4.90 Å². The van der Waals surface area contributed by atoms with Crippen molar-refractivity contribution in [3.63, 3.8) is 0 Å². The molecule has 3 aliphatic heterocycles. The summed E-state index contributed by atoms with van der Waals surface area (Å²) in [5.74, 6) is 0.902. The minimum absolute atomic E-state index is 0.155. The van der Waals surface area contributed by atoms with E-state index < -0.39 is 6.19 Å². The highest BCUT2D eigenvalue weighted by Crippen LogP contribution is 2.65. The lowest BCUT2D eigenvalue weighted by Gasteiger charge is -2.39. The molecule has 0 N–H and O–H groups in total. The zero-order chi connectivity index (χ0) is 23.7. The molecule has 4 heterocycles. The average molecular weight is 488 g/mol. The molecule has 0 saturated carbocycles. The highest BCUT2D eigenvalue weighted by atomic mass is 32.4. The molecule has 0 spiro atoms. The van der Waals surface area contributed by atoms with Gasteiger partial charge in [0, 0.05) is 48.5 Å². The fraction of sp³-hybridized carbons (Fsp3) is 0.333. The molecule has 5 nitrogen and oxygen atoms in total. The molecule has 1 unspecified atom stereocenters. The predicted octanol–water partition coefficient (Wildman–Crippen LogP) is 5.65. The SMILES string of the molecule is Cc1nn(-c2ccccc2)c2c1P(=S)(N1CCCC1)/C(=C1/N(C)c3ccccc3C1(C)C)C=N2. The Labute approximate surface area is 206 Å². The van der Waals surface area contributed by atoms with Gasteiger partial charge in [-0.25, -0.2) is 9.67 Å². The van der Waals surface area contributed by atoms with Crippen molar-refractivity contribution in [3.8, 4) is 5.69 Å². The molecule has 2 aromatic carbocycles. The Morgan fingerprint density at radius 2 is 1.65 bits per heavy atom. The molecule has 7 heteroatoms. The summed E-state index contributed by atoms with van der Waals surface area (Å²) in [7, 11) is 2.18. The van der Waals surface area contributed by atoms with Gasteiger partial charge in [0.25, 0.3) is 0 Å². The Kier molecular flexibility index (Phi) is 5.00. The summed E-state index contributed by atoms with van der Waals surface area (Å²) in [6.07, 6.45) is 2.15. The summed E-state index contributed by atoms with van der Waals surface area (Å²) in [6, 6.07) is 19.0. The zero-order valence-corrected chi connectivity index (χ0v) is 21.9. The van der Waals surface area contributed by atoms with Gasteiger partial charge in [0.15, 0.2) is 5.82 Å². The van der Waals surface area contributed by atoms with Crippen LogP contribution in [0.3, 0.4) is 0 Å². The van der Waals surface area contributed by atoms with Gasteiger partial charge in [-0.05, 0) is 43.5 Å². The summed E-state index contributed by atoms with van der Waals surface area (Å²) in [5.41, 5.74) is 5.75. The summed E-state index contributed by atoms with van der Waals surface area (Å²) in [4.78, 5) is 7.43. The summed E-state index contributed by atoms with van der Waals surface area (Å²) in [6.45, 7) is 8.83. The number of anilines is 1. The van der Waals surface area contributed by atoms with Crippen LogP contribution in [-0.4, -0.2) is 40.8 Å². The normalized spacial score (nSPS) is 25.6. The molecule has 1 saturated heterocycles. The van der Waals surface area contributed by atoms with Crippen LogP contribution in [-0.2, 0) is 17.2 Å². The predicted molar refractivity (Wildman–Crippen MR) is 146 cm³/mol. The van der Waals surface area contributed by atoms with Crippen LogP contribution < -0.4 is 10.2 Å². The van der Waals surface area contributed by atoms with Gasteiger partial charge in [-0.1, -0.05) is 62.1 Å². The third kappa shape index (κ3) is 2.92. The average Bonchev–Trinajstić information content (AvgIpc) is 3.54. The van der Waals surface area contributed by atoms with Crippen LogP contribution in [0.15, 0.2) is 70.6 Å². The first-order chi connectivity index (χ1) is 16.3. The number of nitrogens with zero attached hydrogens (tertiary/aromatic N) is 5. The highest BCUT2D eigenvalue weighted by molar-refractivity contribution is 8.19. The van der Waals surface area contributed by atoms with Gasteiger partial charge in [-0.15, -0.1) is 0 Å².